The van der Waals surface area contributed by atoms with Gasteiger partial charge >= 0.3 is 0 Å². The van der Waals surface area contributed by atoms with Crippen LogP contribution in [0, 0.1) is 0 Å². The fraction of sp³-hybridized carbons (Fsp3) is 0.452. The monoisotopic (exact) mass is 491 g/mol. The number of nitrogens with one attached hydrogen (secondary N) is 2. The summed E-state index contributed by atoms with van der Waals surface area (Å²) >= 11 is 0. The number of hydrogen-bond donors (Lipinski definition) is 2. The number of nitrogens with zero attached hydrogens (tertiary/aromatic N) is 1. The van der Waals surface area contributed by atoms with Crippen molar-refractivity contribution in [2.45, 2.75) is 84.0 Å². The molecule has 0 radical (unpaired) electrons. The summed E-state index contributed by atoms with van der Waals surface area (Å²) in [6, 6.07) is 3.55. The molecule has 2 N–H and O–H groups in total. The summed E-state index contributed by atoms with van der Waals surface area (Å²) in [5, 5.41) is 5.82. The van der Waals surface area contributed by atoms with Gasteiger partial charge in [-0.2, -0.15) is 0 Å². The molecule has 0 aromatic carbocycles. The van der Waals surface area contributed by atoms with Crippen LogP contribution < -0.4 is 10.6 Å². The lowest BCUT2D eigenvalue weighted by atomic mass is 10.1. The average molecular weight is 492 g/mol. The van der Waals surface area contributed by atoms with E-state index in [4.69, 9.17) is 0 Å². The van der Waals surface area contributed by atoms with Crippen LogP contribution in [-0.4, -0.2) is 23.3 Å². The van der Waals surface area contributed by atoms with Gasteiger partial charge in [-0.15, -0.1) is 0 Å². The second kappa shape index (κ2) is 23.5. The van der Waals surface area contributed by atoms with E-state index >= 15 is 0 Å². The normalized spacial score (nSPS) is 12.0. The smallest absolute Gasteiger partial charge is 0.224 e. The molecule has 1 rings (SSSR count). The van der Waals surface area contributed by atoms with Gasteiger partial charge in [0, 0.05) is 37.5 Å². The Morgan fingerprint density at radius 1 is 0.694 bits per heavy atom. The topological polar surface area (TPSA) is 71.1 Å². The molecule has 0 unspecified atom stereocenters. The van der Waals surface area contributed by atoms with Gasteiger partial charge in [0.25, 0.3) is 0 Å². The zero-order chi connectivity index (χ0) is 25.9. The molecule has 0 aliphatic heterocycles. The van der Waals surface area contributed by atoms with Gasteiger partial charge in [0.1, 0.15) is 0 Å². The van der Waals surface area contributed by atoms with Crippen molar-refractivity contribution in [3.63, 3.8) is 0 Å². The van der Waals surface area contributed by atoms with Crippen LogP contribution in [0.5, 0.6) is 0 Å². The molecule has 2 amide bonds. The van der Waals surface area contributed by atoms with E-state index in [1.165, 1.54) is 0 Å². The Labute approximate surface area is 218 Å². The fourth-order valence-electron chi connectivity index (χ4n) is 3.31. The third-order valence-electron chi connectivity index (χ3n) is 5.30. The standard InChI is InChI=1S/C31H45N3O2/c1-2-3-4-5-6-7-8-9-10-11-12-13-14-15-16-17-19-22-30(35)33-26-21-18-20-23-31(36)34-29-24-27-32-28-25-29/h3-4,6-7,9-10,12-13,15-16,24-25,27-28H,2,5,8,11,14,17-23,26H2,1H3,(H,33,35)(H,32,34,36)/b4-3-,7-6-,10-9-,13-12-,16-15-. The first-order valence-electron chi connectivity index (χ1n) is 13.4. The first kappa shape index (κ1) is 30.8. The second-order valence-electron chi connectivity index (χ2n) is 8.54. The SMILES string of the molecule is CC/C=C\C/C=C\C/C=C\C/C=C\C/C=C\CCCC(=O)NCCCCCC(=O)Nc1ccncc1. The summed E-state index contributed by atoms with van der Waals surface area (Å²) in [4.78, 5) is 27.7. The van der Waals surface area contributed by atoms with Crippen molar-refractivity contribution in [2.24, 2.45) is 0 Å². The van der Waals surface area contributed by atoms with E-state index in [-0.39, 0.29) is 11.8 Å². The van der Waals surface area contributed by atoms with E-state index < -0.39 is 0 Å². The lowest BCUT2D eigenvalue weighted by Gasteiger charge is -2.06. The van der Waals surface area contributed by atoms with Crippen LogP contribution in [0.4, 0.5) is 5.69 Å². The van der Waals surface area contributed by atoms with Crippen molar-refractivity contribution in [3.05, 3.63) is 85.3 Å². The molecule has 0 aliphatic carbocycles. The van der Waals surface area contributed by atoms with Crippen molar-refractivity contribution in [1.29, 1.82) is 0 Å². The van der Waals surface area contributed by atoms with Crippen molar-refractivity contribution in [1.82, 2.24) is 10.3 Å². The minimum atomic E-state index is 0.0141. The summed E-state index contributed by atoms with van der Waals surface area (Å²) in [6.45, 7) is 2.82. The molecule has 0 bridgehead atoms. The first-order valence-corrected chi connectivity index (χ1v) is 13.4. The summed E-state index contributed by atoms with van der Waals surface area (Å²) in [5.41, 5.74) is 0.770. The number of rotatable bonds is 20. The van der Waals surface area contributed by atoms with Crippen molar-refractivity contribution in [2.75, 3.05) is 11.9 Å². The maximum absolute atomic E-state index is 11.9. The summed E-state index contributed by atoms with van der Waals surface area (Å²) in [5.74, 6) is 0.123. The van der Waals surface area contributed by atoms with Gasteiger partial charge in [0.15, 0.2) is 0 Å². The summed E-state index contributed by atoms with van der Waals surface area (Å²) < 4.78 is 0. The van der Waals surface area contributed by atoms with E-state index in [1.807, 2.05) is 0 Å². The molecule has 0 saturated carbocycles. The highest BCUT2D eigenvalue weighted by Gasteiger charge is 2.03. The van der Waals surface area contributed by atoms with Gasteiger partial charge in [0.05, 0.1) is 0 Å². The molecule has 196 valence electrons. The Bertz CT molecular complexity index is 839. The number of carbonyl (C=O) groups excluding carboxylic acids is 2. The third kappa shape index (κ3) is 20.2. The minimum Gasteiger partial charge on any atom is -0.356 e. The highest BCUT2D eigenvalue weighted by molar-refractivity contribution is 5.90. The Balaban J connectivity index is 1.90. The lowest BCUT2D eigenvalue weighted by molar-refractivity contribution is -0.121. The highest BCUT2D eigenvalue weighted by atomic mass is 16.2. The molecule has 0 fully saturated rings. The van der Waals surface area contributed by atoms with Gasteiger partial charge in [-0.25, -0.2) is 0 Å². The second-order valence-corrected chi connectivity index (χ2v) is 8.54. The van der Waals surface area contributed by atoms with Gasteiger partial charge in [-0.1, -0.05) is 74.1 Å². The van der Waals surface area contributed by atoms with Crippen LogP contribution in [0.1, 0.15) is 84.0 Å². The van der Waals surface area contributed by atoms with E-state index in [9.17, 15) is 9.59 Å². The summed E-state index contributed by atoms with van der Waals surface area (Å²) in [6.07, 6.45) is 35.7. The minimum absolute atomic E-state index is 0.0141. The molecule has 0 aliphatic rings. The Kier molecular flexibility index (Phi) is 20.1. The van der Waals surface area contributed by atoms with Gasteiger partial charge in [-0.05, 0) is 69.9 Å². The van der Waals surface area contributed by atoms with Crippen LogP contribution in [0.25, 0.3) is 0 Å². The molecular weight excluding hydrogens is 446 g/mol. The van der Waals surface area contributed by atoms with Crippen molar-refractivity contribution in [3.8, 4) is 0 Å². The quantitative estimate of drug-likeness (QED) is 0.146. The zero-order valence-corrected chi connectivity index (χ0v) is 22.0. The molecule has 5 heteroatoms. The van der Waals surface area contributed by atoms with E-state index in [0.717, 1.165) is 69.9 Å². The largest absolute Gasteiger partial charge is 0.356 e. The number of carbonyl (C=O) groups is 2. The molecular formula is C31H45N3O2. The number of hydrogen-bond acceptors (Lipinski definition) is 3. The predicted molar refractivity (Wildman–Crippen MR) is 153 cm³/mol. The van der Waals surface area contributed by atoms with Crippen LogP contribution >= 0.6 is 0 Å². The number of allylic oxidation sites excluding steroid dienone is 10. The molecule has 36 heavy (non-hydrogen) atoms. The van der Waals surface area contributed by atoms with Gasteiger partial charge < -0.3 is 10.6 Å². The predicted octanol–water partition coefficient (Wildman–Crippen LogP) is 7.62. The average Bonchev–Trinajstić information content (AvgIpc) is 2.88. The van der Waals surface area contributed by atoms with Crippen molar-refractivity contribution < 1.29 is 9.59 Å². The fourth-order valence-corrected chi connectivity index (χ4v) is 3.31. The van der Waals surface area contributed by atoms with Gasteiger partial charge in [0.2, 0.25) is 11.8 Å². The number of pyridine rings is 1. The summed E-state index contributed by atoms with van der Waals surface area (Å²) in [7, 11) is 0. The Morgan fingerprint density at radius 3 is 1.86 bits per heavy atom. The van der Waals surface area contributed by atoms with E-state index in [0.29, 0.717) is 19.4 Å². The van der Waals surface area contributed by atoms with Crippen LogP contribution in [0.15, 0.2) is 85.3 Å². The maximum Gasteiger partial charge on any atom is 0.224 e. The van der Waals surface area contributed by atoms with Crippen LogP contribution in [0.3, 0.4) is 0 Å². The zero-order valence-electron chi connectivity index (χ0n) is 22.0. The third-order valence-corrected chi connectivity index (χ3v) is 5.30. The van der Waals surface area contributed by atoms with Crippen molar-refractivity contribution >= 4 is 17.5 Å². The van der Waals surface area contributed by atoms with E-state index in [1.54, 1.807) is 24.5 Å². The Morgan fingerprint density at radius 2 is 1.25 bits per heavy atom. The first-order chi connectivity index (χ1) is 17.7. The Hall–Kier alpha value is -3.21. The number of unbranched alkanes of at least 4 members (excludes halogenated alkanes) is 3. The molecule has 5 nitrogen and oxygen atoms in total. The molecule has 0 atom stereocenters. The number of aromatic nitrogens is 1. The lowest BCUT2D eigenvalue weighted by Crippen LogP contribution is -2.24. The number of anilines is 1. The molecule has 1 aromatic rings. The molecule has 0 saturated heterocycles. The molecule has 1 heterocycles. The van der Waals surface area contributed by atoms with Crippen LogP contribution in [-0.2, 0) is 9.59 Å². The molecule has 1 aromatic heterocycles. The number of amides is 2. The van der Waals surface area contributed by atoms with Gasteiger partial charge in [-0.3, -0.25) is 14.6 Å². The van der Waals surface area contributed by atoms with E-state index in [2.05, 4.69) is 83.3 Å². The van der Waals surface area contributed by atoms with Crippen LogP contribution in [0.2, 0.25) is 0 Å². The highest BCUT2D eigenvalue weighted by Crippen LogP contribution is 2.06. The molecule has 0 spiro atoms. The maximum atomic E-state index is 11.9.